The van der Waals surface area contributed by atoms with E-state index in [9.17, 15) is 14.9 Å². The van der Waals surface area contributed by atoms with Gasteiger partial charge < -0.3 is 9.84 Å². The molecule has 0 saturated heterocycles. The van der Waals surface area contributed by atoms with Crippen LogP contribution in [0.3, 0.4) is 0 Å². The smallest absolute Gasteiger partial charge is 0.271 e. The quantitative estimate of drug-likeness (QED) is 0.532. The molecule has 0 unspecified atom stereocenters. The Morgan fingerprint density at radius 2 is 2.24 bits per heavy atom. The monoisotopic (exact) mass is 358 g/mol. The molecule has 0 aliphatic heterocycles. The minimum absolute atomic E-state index is 0.0711. The van der Waals surface area contributed by atoms with Gasteiger partial charge in [0.1, 0.15) is 0 Å². The highest BCUT2D eigenvalue weighted by molar-refractivity contribution is 7.08. The van der Waals surface area contributed by atoms with Crippen LogP contribution in [0, 0.1) is 17.0 Å². The van der Waals surface area contributed by atoms with Crippen molar-refractivity contribution in [2.75, 3.05) is 5.32 Å². The number of nitrogens with one attached hydrogen (secondary N) is 1. The number of carbonyl (C=O) groups is 1. The zero-order valence-corrected chi connectivity index (χ0v) is 14.1. The van der Waals surface area contributed by atoms with Gasteiger partial charge in [0.15, 0.2) is 0 Å². The van der Waals surface area contributed by atoms with E-state index in [1.165, 1.54) is 23.5 Å². The first-order chi connectivity index (χ1) is 12.0. The van der Waals surface area contributed by atoms with Gasteiger partial charge in [-0.1, -0.05) is 11.2 Å². The molecule has 1 amide bonds. The van der Waals surface area contributed by atoms with E-state index in [0.29, 0.717) is 17.4 Å². The van der Waals surface area contributed by atoms with Crippen LogP contribution in [0.1, 0.15) is 17.9 Å². The van der Waals surface area contributed by atoms with Gasteiger partial charge in [-0.05, 0) is 23.9 Å². The van der Waals surface area contributed by atoms with Crippen molar-refractivity contribution in [2.45, 2.75) is 19.8 Å². The van der Waals surface area contributed by atoms with Gasteiger partial charge in [-0.2, -0.15) is 16.3 Å². The number of thiophene rings is 1. The first kappa shape index (κ1) is 16.8. The molecule has 0 bridgehead atoms. The van der Waals surface area contributed by atoms with Crippen LogP contribution in [0.4, 0.5) is 11.4 Å². The Morgan fingerprint density at radius 3 is 2.96 bits per heavy atom. The van der Waals surface area contributed by atoms with E-state index < -0.39 is 4.92 Å². The Hall–Kier alpha value is -3.07. The van der Waals surface area contributed by atoms with Gasteiger partial charge in [0.25, 0.3) is 5.69 Å². The van der Waals surface area contributed by atoms with Crippen molar-refractivity contribution in [3.8, 4) is 11.4 Å². The molecule has 2 aromatic heterocycles. The summed E-state index contributed by atoms with van der Waals surface area (Å²) in [5.74, 6) is 0.581. The summed E-state index contributed by atoms with van der Waals surface area (Å²) >= 11 is 1.53. The topological polar surface area (TPSA) is 111 Å². The number of carbonyl (C=O) groups excluding carboxylic acids is 1. The van der Waals surface area contributed by atoms with E-state index in [4.69, 9.17) is 4.52 Å². The Balaban J connectivity index is 1.60. The van der Waals surface area contributed by atoms with Gasteiger partial charge in [-0.3, -0.25) is 14.9 Å². The van der Waals surface area contributed by atoms with Crippen molar-refractivity contribution < 1.29 is 14.2 Å². The molecule has 2 heterocycles. The third-order valence-corrected chi connectivity index (χ3v) is 4.20. The Bertz CT molecular complexity index is 905. The van der Waals surface area contributed by atoms with Gasteiger partial charge in [0.2, 0.25) is 17.6 Å². The van der Waals surface area contributed by atoms with E-state index in [1.54, 1.807) is 13.0 Å². The summed E-state index contributed by atoms with van der Waals surface area (Å²) in [5, 5.41) is 21.2. The molecule has 1 N–H and O–H groups in total. The lowest BCUT2D eigenvalue weighted by Gasteiger charge is -2.07. The third kappa shape index (κ3) is 4.07. The molecule has 3 rings (SSSR count). The highest BCUT2D eigenvalue weighted by Gasteiger charge is 2.13. The van der Waals surface area contributed by atoms with E-state index in [-0.39, 0.29) is 24.4 Å². The van der Waals surface area contributed by atoms with Crippen LogP contribution in [0.25, 0.3) is 11.4 Å². The van der Waals surface area contributed by atoms with E-state index >= 15 is 0 Å². The molecular formula is C16H14N4O4S. The van der Waals surface area contributed by atoms with Gasteiger partial charge in [-0.25, -0.2) is 0 Å². The SMILES string of the molecule is Cc1ccc([N+](=O)[O-])cc1NC(=O)CCc1nc(-c2ccsc2)no1. The number of nitro groups is 1. The fraction of sp³-hybridized carbons (Fsp3) is 0.188. The van der Waals surface area contributed by atoms with Crippen LogP contribution < -0.4 is 5.32 Å². The highest BCUT2D eigenvalue weighted by Crippen LogP contribution is 2.22. The van der Waals surface area contributed by atoms with Crippen molar-refractivity contribution in [3.63, 3.8) is 0 Å². The third-order valence-electron chi connectivity index (χ3n) is 3.52. The number of anilines is 1. The van der Waals surface area contributed by atoms with Crippen LogP contribution in [0.15, 0.2) is 39.5 Å². The second-order valence-corrected chi connectivity index (χ2v) is 6.11. The van der Waals surface area contributed by atoms with Crippen molar-refractivity contribution >= 4 is 28.6 Å². The highest BCUT2D eigenvalue weighted by atomic mass is 32.1. The fourth-order valence-corrected chi connectivity index (χ4v) is 2.79. The van der Waals surface area contributed by atoms with Crippen LogP contribution in [0.5, 0.6) is 0 Å². The molecule has 0 aliphatic carbocycles. The fourth-order valence-electron chi connectivity index (χ4n) is 2.16. The van der Waals surface area contributed by atoms with Crippen molar-refractivity contribution in [1.82, 2.24) is 10.1 Å². The summed E-state index contributed by atoms with van der Waals surface area (Å²) in [4.78, 5) is 26.7. The molecule has 3 aromatic rings. The molecule has 1 aromatic carbocycles. The number of aryl methyl sites for hydroxylation is 2. The second-order valence-electron chi connectivity index (χ2n) is 5.33. The predicted octanol–water partition coefficient (Wildman–Crippen LogP) is 3.59. The van der Waals surface area contributed by atoms with Crippen molar-refractivity contribution in [3.05, 3.63) is 56.6 Å². The van der Waals surface area contributed by atoms with Crippen LogP contribution in [0.2, 0.25) is 0 Å². The summed E-state index contributed by atoms with van der Waals surface area (Å²) < 4.78 is 5.14. The lowest BCUT2D eigenvalue weighted by Crippen LogP contribution is -2.13. The zero-order chi connectivity index (χ0) is 17.8. The number of amides is 1. The number of nitro benzene ring substituents is 1. The minimum Gasteiger partial charge on any atom is -0.339 e. The summed E-state index contributed by atoms with van der Waals surface area (Å²) in [6, 6.07) is 6.22. The number of nitrogens with zero attached hydrogens (tertiary/aromatic N) is 3. The molecule has 128 valence electrons. The lowest BCUT2D eigenvalue weighted by atomic mass is 10.1. The molecule has 25 heavy (non-hydrogen) atoms. The first-order valence-corrected chi connectivity index (χ1v) is 8.37. The Kier molecular flexibility index (Phi) is 4.85. The maximum Gasteiger partial charge on any atom is 0.271 e. The van der Waals surface area contributed by atoms with Gasteiger partial charge in [0.05, 0.1) is 10.6 Å². The van der Waals surface area contributed by atoms with E-state index in [1.807, 2.05) is 16.8 Å². The Morgan fingerprint density at radius 1 is 1.40 bits per heavy atom. The number of benzene rings is 1. The molecule has 0 saturated carbocycles. The predicted molar refractivity (Wildman–Crippen MR) is 92.4 cm³/mol. The second kappa shape index (κ2) is 7.22. The Labute approximate surface area is 146 Å². The first-order valence-electron chi connectivity index (χ1n) is 7.43. The molecule has 8 nitrogen and oxygen atoms in total. The van der Waals surface area contributed by atoms with Gasteiger partial charge in [-0.15, -0.1) is 0 Å². The standard InChI is InChI=1S/C16H14N4O4S/c1-10-2-3-12(20(22)23)8-13(10)17-14(21)4-5-15-18-16(19-24-15)11-6-7-25-9-11/h2-3,6-9H,4-5H2,1H3,(H,17,21). The zero-order valence-electron chi connectivity index (χ0n) is 13.3. The number of non-ortho nitro benzene ring substituents is 1. The minimum atomic E-state index is -0.500. The molecule has 0 fully saturated rings. The number of hydrogen-bond donors (Lipinski definition) is 1. The maximum absolute atomic E-state index is 12.1. The molecule has 9 heteroatoms. The molecule has 0 atom stereocenters. The number of hydrogen-bond acceptors (Lipinski definition) is 7. The van der Waals surface area contributed by atoms with Gasteiger partial charge >= 0.3 is 0 Å². The number of rotatable bonds is 6. The maximum atomic E-state index is 12.1. The average molecular weight is 358 g/mol. The average Bonchev–Trinajstić information content (AvgIpc) is 3.26. The lowest BCUT2D eigenvalue weighted by molar-refractivity contribution is -0.384. The number of aromatic nitrogens is 2. The summed E-state index contributed by atoms with van der Waals surface area (Å²) in [6.45, 7) is 1.77. The summed E-state index contributed by atoms with van der Waals surface area (Å²) in [7, 11) is 0. The molecular weight excluding hydrogens is 344 g/mol. The molecule has 0 radical (unpaired) electrons. The summed E-state index contributed by atoms with van der Waals surface area (Å²) in [6.07, 6.45) is 0.421. The molecule has 0 aliphatic rings. The van der Waals surface area contributed by atoms with E-state index in [2.05, 4.69) is 15.5 Å². The van der Waals surface area contributed by atoms with Gasteiger partial charge in [0, 0.05) is 35.9 Å². The van der Waals surface area contributed by atoms with Crippen LogP contribution >= 0.6 is 11.3 Å². The van der Waals surface area contributed by atoms with Crippen LogP contribution in [-0.2, 0) is 11.2 Å². The van der Waals surface area contributed by atoms with Crippen molar-refractivity contribution in [1.29, 1.82) is 0 Å². The largest absolute Gasteiger partial charge is 0.339 e. The normalized spacial score (nSPS) is 10.6. The molecule has 0 spiro atoms. The van der Waals surface area contributed by atoms with Crippen LogP contribution in [-0.4, -0.2) is 21.0 Å². The summed E-state index contributed by atoms with van der Waals surface area (Å²) in [5.41, 5.74) is 1.97. The van der Waals surface area contributed by atoms with Crippen molar-refractivity contribution in [2.24, 2.45) is 0 Å². The van der Waals surface area contributed by atoms with E-state index in [0.717, 1.165) is 11.1 Å².